The standard InChI is InChI=1S/C18H17F3N4O2/c1-24(2)8-14(16(26)11-3-4-11)17(27)13-6-5-12(25-10-22-9-23-25)7-15(13)18(19,20)21/h5-11H,3-4H2,1-2H3. The van der Waals surface area contributed by atoms with Gasteiger partial charge in [0.2, 0.25) is 0 Å². The van der Waals surface area contributed by atoms with Gasteiger partial charge in [0.1, 0.15) is 12.7 Å². The van der Waals surface area contributed by atoms with Gasteiger partial charge in [-0.1, -0.05) is 0 Å². The van der Waals surface area contributed by atoms with Gasteiger partial charge in [-0.05, 0) is 31.0 Å². The second-order valence-electron chi connectivity index (χ2n) is 6.54. The van der Waals surface area contributed by atoms with Crippen LogP contribution < -0.4 is 0 Å². The Morgan fingerprint density at radius 1 is 1.26 bits per heavy atom. The lowest BCUT2D eigenvalue weighted by Gasteiger charge is -2.16. The molecule has 27 heavy (non-hydrogen) atoms. The lowest BCUT2D eigenvalue weighted by Crippen LogP contribution is -2.22. The van der Waals surface area contributed by atoms with Crippen molar-refractivity contribution in [2.24, 2.45) is 5.92 Å². The topological polar surface area (TPSA) is 68.1 Å². The van der Waals surface area contributed by atoms with E-state index in [1.54, 1.807) is 14.1 Å². The maximum absolute atomic E-state index is 13.6. The molecule has 0 unspecified atom stereocenters. The first kappa shape index (κ1) is 18.8. The molecule has 1 aromatic carbocycles. The van der Waals surface area contributed by atoms with Crippen molar-refractivity contribution in [1.29, 1.82) is 0 Å². The molecular weight excluding hydrogens is 361 g/mol. The van der Waals surface area contributed by atoms with Gasteiger partial charge < -0.3 is 4.90 Å². The van der Waals surface area contributed by atoms with E-state index in [2.05, 4.69) is 10.1 Å². The summed E-state index contributed by atoms with van der Waals surface area (Å²) in [7, 11) is 3.21. The van der Waals surface area contributed by atoms with E-state index in [0.717, 1.165) is 16.8 Å². The van der Waals surface area contributed by atoms with Crippen LogP contribution in [0.1, 0.15) is 28.8 Å². The third-order valence-electron chi connectivity index (χ3n) is 4.08. The number of hydrogen-bond donors (Lipinski definition) is 0. The molecule has 0 aliphatic heterocycles. The zero-order valence-corrected chi connectivity index (χ0v) is 14.7. The van der Waals surface area contributed by atoms with Crippen molar-refractivity contribution in [3.8, 4) is 5.69 Å². The molecule has 1 aromatic heterocycles. The predicted molar refractivity (Wildman–Crippen MR) is 90.2 cm³/mol. The number of halogens is 3. The van der Waals surface area contributed by atoms with Gasteiger partial charge in [-0.3, -0.25) is 9.59 Å². The van der Waals surface area contributed by atoms with E-state index in [0.29, 0.717) is 12.8 Å². The molecule has 1 fully saturated rings. The molecule has 0 bridgehead atoms. The Labute approximate surface area is 153 Å². The van der Waals surface area contributed by atoms with E-state index < -0.39 is 28.9 Å². The fraction of sp³-hybridized carbons (Fsp3) is 0.333. The molecule has 6 nitrogen and oxygen atoms in total. The molecule has 0 radical (unpaired) electrons. The van der Waals surface area contributed by atoms with Crippen LogP contribution in [0.4, 0.5) is 13.2 Å². The minimum atomic E-state index is -4.77. The smallest absolute Gasteiger partial charge is 0.383 e. The quantitative estimate of drug-likeness (QED) is 0.335. The first-order valence-electron chi connectivity index (χ1n) is 8.22. The summed E-state index contributed by atoms with van der Waals surface area (Å²) < 4.78 is 42.0. The minimum absolute atomic E-state index is 0.114. The van der Waals surface area contributed by atoms with E-state index in [9.17, 15) is 22.8 Å². The van der Waals surface area contributed by atoms with E-state index in [1.165, 1.54) is 29.8 Å². The summed E-state index contributed by atoms with van der Waals surface area (Å²) in [5.41, 5.74) is -1.80. The van der Waals surface area contributed by atoms with E-state index >= 15 is 0 Å². The summed E-state index contributed by atoms with van der Waals surface area (Å²) in [6.07, 6.45) is 0.258. The SMILES string of the molecule is CN(C)C=C(C(=O)c1ccc(-n2cncn2)cc1C(F)(F)F)C(=O)C1CC1. The Morgan fingerprint density at radius 2 is 1.96 bits per heavy atom. The third-order valence-corrected chi connectivity index (χ3v) is 4.08. The van der Waals surface area contributed by atoms with Gasteiger partial charge in [-0.2, -0.15) is 18.3 Å². The molecule has 0 atom stereocenters. The van der Waals surface area contributed by atoms with E-state index in [-0.39, 0.29) is 17.2 Å². The van der Waals surface area contributed by atoms with Crippen LogP contribution in [0.3, 0.4) is 0 Å². The monoisotopic (exact) mass is 378 g/mol. The molecule has 3 rings (SSSR count). The van der Waals surface area contributed by atoms with Crippen molar-refractivity contribution in [1.82, 2.24) is 19.7 Å². The minimum Gasteiger partial charge on any atom is -0.383 e. The van der Waals surface area contributed by atoms with Gasteiger partial charge in [0, 0.05) is 31.8 Å². The number of benzene rings is 1. The van der Waals surface area contributed by atoms with Crippen LogP contribution in [0.25, 0.3) is 5.69 Å². The maximum Gasteiger partial charge on any atom is 0.417 e. The van der Waals surface area contributed by atoms with Gasteiger partial charge in [0.05, 0.1) is 16.8 Å². The number of carbonyl (C=O) groups is 2. The van der Waals surface area contributed by atoms with Crippen molar-refractivity contribution >= 4 is 11.6 Å². The number of allylic oxidation sites excluding steroid dienone is 1. The number of nitrogens with zero attached hydrogens (tertiary/aromatic N) is 4. The predicted octanol–water partition coefficient (Wildman–Crippen LogP) is 2.89. The molecule has 1 heterocycles. The molecule has 142 valence electrons. The highest BCUT2D eigenvalue weighted by Gasteiger charge is 2.39. The van der Waals surface area contributed by atoms with Crippen LogP contribution in [0.15, 0.2) is 42.6 Å². The Kier molecular flexibility index (Phi) is 4.86. The van der Waals surface area contributed by atoms with Crippen molar-refractivity contribution in [3.63, 3.8) is 0 Å². The van der Waals surface area contributed by atoms with E-state index in [1.807, 2.05) is 0 Å². The van der Waals surface area contributed by atoms with Crippen molar-refractivity contribution in [2.75, 3.05) is 14.1 Å². The Bertz CT molecular complexity index is 898. The highest BCUT2D eigenvalue weighted by atomic mass is 19.4. The lowest BCUT2D eigenvalue weighted by molar-refractivity contribution is -0.138. The van der Waals surface area contributed by atoms with Crippen LogP contribution in [0.2, 0.25) is 0 Å². The number of rotatable bonds is 6. The average molecular weight is 378 g/mol. The van der Waals surface area contributed by atoms with Crippen LogP contribution in [0.5, 0.6) is 0 Å². The van der Waals surface area contributed by atoms with Gasteiger partial charge in [-0.25, -0.2) is 9.67 Å². The van der Waals surface area contributed by atoms with Crippen molar-refractivity contribution in [3.05, 3.63) is 53.8 Å². The van der Waals surface area contributed by atoms with Crippen molar-refractivity contribution in [2.45, 2.75) is 19.0 Å². The molecule has 9 heteroatoms. The fourth-order valence-corrected chi connectivity index (χ4v) is 2.65. The normalized spacial score (nSPS) is 14.9. The molecule has 0 saturated heterocycles. The first-order valence-corrected chi connectivity index (χ1v) is 8.22. The maximum atomic E-state index is 13.6. The Morgan fingerprint density at radius 3 is 2.48 bits per heavy atom. The van der Waals surface area contributed by atoms with E-state index in [4.69, 9.17) is 0 Å². The molecule has 1 aliphatic rings. The Hall–Kier alpha value is -2.97. The van der Waals surface area contributed by atoms with Crippen LogP contribution in [-0.4, -0.2) is 45.3 Å². The number of Topliss-reactive ketones (excluding diaryl/α,β-unsaturated/α-hetero) is 2. The van der Waals surface area contributed by atoms with Crippen molar-refractivity contribution < 1.29 is 22.8 Å². The lowest BCUT2D eigenvalue weighted by atomic mass is 9.94. The van der Waals surface area contributed by atoms with Gasteiger partial charge in [-0.15, -0.1) is 0 Å². The van der Waals surface area contributed by atoms with Gasteiger partial charge in [0.15, 0.2) is 11.6 Å². The second kappa shape index (κ2) is 6.98. The van der Waals surface area contributed by atoms with Gasteiger partial charge >= 0.3 is 6.18 Å². The van der Waals surface area contributed by atoms with Crippen LogP contribution in [0, 0.1) is 5.92 Å². The number of aromatic nitrogens is 3. The largest absolute Gasteiger partial charge is 0.417 e. The van der Waals surface area contributed by atoms with Gasteiger partial charge in [0.25, 0.3) is 0 Å². The van der Waals surface area contributed by atoms with Crippen LogP contribution >= 0.6 is 0 Å². The number of alkyl halides is 3. The molecule has 0 spiro atoms. The third kappa shape index (κ3) is 4.07. The highest BCUT2D eigenvalue weighted by Crippen LogP contribution is 2.37. The summed E-state index contributed by atoms with van der Waals surface area (Å²) in [4.78, 5) is 30.5. The average Bonchev–Trinajstić information content (AvgIpc) is 3.31. The summed E-state index contributed by atoms with van der Waals surface area (Å²) in [5.74, 6) is -1.64. The number of carbonyl (C=O) groups excluding carboxylic acids is 2. The summed E-state index contributed by atoms with van der Waals surface area (Å²) in [6, 6.07) is 3.24. The molecule has 1 aliphatic carbocycles. The molecular formula is C18H17F3N4O2. The molecule has 0 N–H and O–H groups in total. The molecule has 2 aromatic rings. The number of hydrogen-bond acceptors (Lipinski definition) is 5. The summed E-state index contributed by atoms with van der Waals surface area (Å²) in [5, 5.41) is 3.80. The summed E-state index contributed by atoms with van der Waals surface area (Å²) >= 11 is 0. The second-order valence-corrected chi connectivity index (χ2v) is 6.54. The zero-order valence-electron chi connectivity index (χ0n) is 14.7. The summed E-state index contributed by atoms with van der Waals surface area (Å²) in [6.45, 7) is 0. The highest BCUT2D eigenvalue weighted by molar-refractivity contribution is 6.27. The molecule has 0 amide bonds. The number of ketones is 2. The van der Waals surface area contributed by atoms with Crippen LogP contribution in [-0.2, 0) is 11.0 Å². The fourth-order valence-electron chi connectivity index (χ4n) is 2.65. The zero-order chi connectivity index (χ0) is 19.8. The molecule has 1 saturated carbocycles. The first-order chi connectivity index (χ1) is 12.7. The Balaban J connectivity index is 2.08.